The number of fused-ring (bicyclic) bond motifs is 3. The molecule has 7 N–H and O–H groups in total. The predicted molar refractivity (Wildman–Crippen MR) is 293 cm³/mol. The fourth-order valence-electron chi connectivity index (χ4n) is 7.47. The Bertz CT molecular complexity index is 2570. The average Bonchev–Trinajstić information content (AvgIpc) is 3.95. The van der Waals surface area contributed by atoms with E-state index in [4.69, 9.17) is 68.3 Å². The van der Waals surface area contributed by atoms with Gasteiger partial charge in [-0.15, -0.1) is 12.4 Å². The van der Waals surface area contributed by atoms with E-state index in [-0.39, 0.29) is 51.4 Å². The molecular weight excluding hydrogens is 1100 g/mol. The topological polar surface area (TPSA) is 187 Å². The number of nitrogens with one attached hydrogen (secondary N) is 3. The van der Waals surface area contributed by atoms with Gasteiger partial charge in [0.2, 0.25) is 0 Å². The number of rotatable bonds is 11. The van der Waals surface area contributed by atoms with Crippen molar-refractivity contribution in [3.05, 3.63) is 88.3 Å². The smallest absolute Gasteiger partial charge is 0.412 e. The first-order chi connectivity index (χ1) is 32.9. The van der Waals surface area contributed by atoms with Crippen LogP contribution in [0.5, 0.6) is 0 Å². The fraction of sp³-hybridized carbons (Fsp3) is 0.490. The van der Waals surface area contributed by atoms with E-state index in [1.54, 1.807) is 12.3 Å². The first-order valence-electron chi connectivity index (χ1n) is 23.1. The van der Waals surface area contributed by atoms with Crippen molar-refractivity contribution in [2.24, 2.45) is 0 Å². The standard InChI is InChI=1S/C20H27ClN2O4.C13H15ClN2O2.C10H11ClN2O.C7H13BrO2.CH4.2ClH/c1-20(2,3)27-19(24)22-15-7-6-8-16-18(15)14(21)13-23(16)10-12-26-17-9-4-5-11-25-17;1-13(2,3)18-12(17)16-10-6-4-5-9-11(10)8(14)7-15-9;11-7-6-13(4-5-14)9-3-1-2-8(12)10(7)9;8-4-6-10-7-3-1-2-5-9-7;;;/h6-8,13,17H,4-5,9-12H2,1-3H3,(H,22,24);4-7,15H,1-3H3,(H,16,17);1-3,6,14H,4-5,12H2;7H,1-6H2;1H4;2*1H. The SMILES string of the molecule is BrCCOC1CCCCO1.C.CC(C)(C)OC(=O)Nc1cccc2[nH]cc(Cl)c12.CC(C)(C)OC(=O)Nc1cccc2c1c(Cl)cn2CCOC1CCCCO1.Cl.[Cl-].[NH3+]c1cccc2c1c(Cl)cn2CCO. The number of aliphatic hydroxyl groups excluding tert-OH is 1. The molecule has 2 aliphatic heterocycles. The van der Waals surface area contributed by atoms with Crippen molar-refractivity contribution in [3.8, 4) is 0 Å². The molecule has 5 heterocycles. The number of amides is 2. The average molecular weight is 1170 g/mol. The molecule has 3 aromatic heterocycles. The zero-order chi connectivity index (χ0) is 50.1. The molecular formula is C51H72BrCl5N6O9. The van der Waals surface area contributed by atoms with E-state index in [1.165, 1.54) is 12.8 Å². The molecule has 6 aromatic rings. The summed E-state index contributed by atoms with van der Waals surface area (Å²) < 4.78 is 36.6. The maximum absolute atomic E-state index is 12.1. The number of aromatic nitrogens is 3. The number of aromatic amines is 1. The van der Waals surface area contributed by atoms with Gasteiger partial charge in [-0.2, -0.15) is 0 Å². The second kappa shape index (κ2) is 31.4. The lowest BCUT2D eigenvalue weighted by atomic mass is 10.2. The molecule has 2 amide bonds. The van der Waals surface area contributed by atoms with Gasteiger partial charge in [-0.3, -0.25) is 10.6 Å². The summed E-state index contributed by atoms with van der Waals surface area (Å²) >= 11 is 21.9. The van der Waals surface area contributed by atoms with Gasteiger partial charge in [-0.25, -0.2) is 9.59 Å². The molecule has 0 radical (unpaired) electrons. The van der Waals surface area contributed by atoms with Crippen LogP contribution in [-0.4, -0.2) is 93.6 Å². The highest BCUT2D eigenvalue weighted by atomic mass is 79.9. The molecule has 8 rings (SSSR count). The summed E-state index contributed by atoms with van der Waals surface area (Å²) in [7, 11) is 0. The molecule has 0 aliphatic carbocycles. The van der Waals surface area contributed by atoms with Crippen LogP contribution in [0.4, 0.5) is 26.7 Å². The number of nitrogens with zero attached hydrogens (tertiary/aromatic N) is 2. The molecule has 2 fully saturated rings. The summed E-state index contributed by atoms with van der Waals surface area (Å²) in [4.78, 5) is 26.9. The number of carbonyl (C=O) groups is 2. The second-order valence-electron chi connectivity index (χ2n) is 18.2. The van der Waals surface area contributed by atoms with Gasteiger partial charge >= 0.3 is 12.2 Å². The van der Waals surface area contributed by atoms with E-state index in [9.17, 15) is 9.59 Å². The quantitative estimate of drug-likeness (QED) is 0.0787. The summed E-state index contributed by atoms with van der Waals surface area (Å²) in [6.07, 6.45) is 11.0. The minimum atomic E-state index is -0.563. The number of aliphatic hydroxyl groups is 1. The van der Waals surface area contributed by atoms with Crippen molar-refractivity contribution >= 4 is 125 Å². The second-order valence-corrected chi connectivity index (χ2v) is 20.2. The van der Waals surface area contributed by atoms with Crippen LogP contribution in [0.2, 0.25) is 15.1 Å². The molecule has 2 atom stereocenters. The van der Waals surface area contributed by atoms with Gasteiger partial charge in [0.1, 0.15) is 16.9 Å². The Morgan fingerprint density at radius 2 is 1.22 bits per heavy atom. The molecule has 402 valence electrons. The Morgan fingerprint density at radius 1 is 0.736 bits per heavy atom. The van der Waals surface area contributed by atoms with Crippen LogP contribution in [0.3, 0.4) is 0 Å². The van der Waals surface area contributed by atoms with Gasteiger partial charge in [-0.05, 0) is 116 Å². The van der Waals surface area contributed by atoms with Crippen molar-refractivity contribution < 1.29 is 61.3 Å². The van der Waals surface area contributed by atoms with Gasteiger partial charge in [0.25, 0.3) is 0 Å². The third-order valence-electron chi connectivity index (χ3n) is 10.4. The van der Waals surface area contributed by atoms with Crippen LogP contribution in [0, 0.1) is 0 Å². The monoisotopic (exact) mass is 1170 g/mol. The van der Waals surface area contributed by atoms with Gasteiger partial charge in [0.15, 0.2) is 12.6 Å². The summed E-state index contributed by atoms with van der Waals surface area (Å²) in [6, 6.07) is 17.0. The Hall–Kier alpha value is -3.49. The molecule has 0 spiro atoms. The van der Waals surface area contributed by atoms with Crippen LogP contribution in [0.15, 0.2) is 73.2 Å². The van der Waals surface area contributed by atoms with E-state index >= 15 is 0 Å². The number of halogens is 6. The van der Waals surface area contributed by atoms with Gasteiger partial charge in [0, 0.05) is 66.5 Å². The van der Waals surface area contributed by atoms with E-state index in [2.05, 4.69) is 37.3 Å². The van der Waals surface area contributed by atoms with Gasteiger partial charge in [0.05, 0.1) is 62.7 Å². The van der Waals surface area contributed by atoms with Crippen molar-refractivity contribution in [1.29, 1.82) is 0 Å². The Kier molecular flexibility index (Phi) is 28.2. The lowest BCUT2D eigenvalue weighted by Crippen LogP contribution is -3.00. The minimum Gasteiger partial charge on any atom is -1.00 e. The number of hydrogen-bond acceptors (Lipinski definition) is 9. The molecule has 0 bridgehead atoms. The summed E-state index contributed by atoms with van der Waals surface area (Å²) in [5.74, 6) is 0. The van der Waals surface area contributed by atoms with Crippen LogP contribution in [0.25, 0.3) is 32.7 Å². The maximum atomic E-state index is 12.1. The number of anilines is 2. The zero-order valence-electron chi connectivity index (χ0n) is 41.1. The Morgan fingerprint density at radius 3 is 1.74 bits per heavy atom. The van der Waals surface area contributed by atoms with Gasteiger partial charge < -0.3 is 65.8 Å². The molecule has 21 heteroatoms. The highest BCUT2D eigenvalue weighted by Crippen LogP contribution is 2.34. The number of quaternary nitrogens is 1. The zero-order valence-corrected chi connectivity index (χ0v) is 46.5. The van der Waals surface area contributed by atoms with Crippen LogP contribution >= 0.6 is 63.1 Å². The van der Waals surface area contributed by atoms with E-state index in [0.29, 0.717) is 46.1 Å². The third-order valence-corrected chi connectivity index (χ3v) is 11.6. The number of hydrogen-bond donors (Lipinski definition) is 5. The lowest BCUT2D eigenvalue weighted by Gasteiger charge is -2.22. The first kappa shape index (κ1) is 64.6. The molecule has 3 aromatic carbocycles. The number of ether oxygens (including phenoxy) is 6. The molecule has 2 aliphatic rings. The normalized spacial score (nSPS) is 15.4. The number of H-pyrrole nitrogens is 1. The first-order valence-corrected chi connectivity index (χ1v) is 25.4. The van der Waals surface area contributed by atoms with Crippen LogP contribution in [-0.2, 0) is 41.5 Å². The summed E-state index contributed by atoms with van der Waals surface area (Å²) in [5.41, 5.74) is 7.84. The predicted octanol–water partition coefficient (Wildman–Crippen LogP) is 10.5. The third kappa shape index (κ3) is 20.3. The maximum Gasteiger partial charge on any atom is 0.412 e. The largest absolute Gasteiger partial charge is 1.00 e. The Labute approximate surface area is 459 Å². The molecule has 72 heavy (non-hydrogen) atoms. The summed E-state index contributed by atoms with van der Waals surface area (Å²) in [5, 5.41) is 19.7. The van der Waals surface area contributed by atoms with Gasteiger partial charge in [-0.1, -0.05) is 76.4 Å². The minimum absolute atomic E-state index is 0. The summed E-state index contributed by atoms with van der Waals surface area (Å²) in [6.45, 7) is 15.2. The molecule has 0 saturated carbocycles. The van der Waals surface area contributed by atoms with E-state index in [1.807, 2.05) is 112 Å². The Balaban J connectivity index is 0.000000345. The fourth-order valence-corrected chi connectivity index (χ4v) is 8.57. The number of carbonyl (C=O) groups excluding carboxylic acids is 2. The number of benzene rings is 3. The highest BCUT2D eigenvalue weighted by molar-refractivity contribution is 9.09. The van der Waals surface area contributed by atoms with Crippen LogP contribution in [0.1, 0.15) is 87.5 Å². The highest BCUT2D eigenvalue weighted by Gasteiger charge is 2.21. The molecule has 2 unspecified atom stereocenters. The van der Waals surface area contributed by atoms with Crippen molar-refractivity contribution in [2.75, 3.05) is 49.0 Å². The molecule has 15 nitrogen and oxygen atoms in total. The number of alkyl halides is 1. The molecule has 2 saturated heterocycles. The van der Waals surface area contributed by atoms with Crippen molar-refractivity contribution in [1.82, 2.24) is 14.1 Å². The van der Waals surface area contributed by atoms with Crippen molar-refractivity contribution in [2.45, 2.75) is 124 Å². The lowest BCUT2D eigenvalue weighted by molar-refractivity contribution is -0.252. The van der Waals surface area contributed by atoms with Crippen LogP contribution < -0.4 is 28.8 Å². The van der Waals surface area contributed by atoms with Crippen molar-refractivity contribution in [3.63, 3.8) is 0 Å². The van der Waals surface area contributed by atoms with E-state index in [0.717, 1.165) is 89.2 Å². The van der Waals surface area contributed by atoms with E-state index < -0.39 is 23.4 Å².